The maximum absolute atomic E-state index is 3.96. The van der Waals surface area contributed by atoms with Crippen LogP contribution >= 0.6 is 0 Å². The van der Waals surface area contributed by atoms with E-state index in [9.17, 15) is 0 Å². The van der Waals surface area contributed by atoms with E-state index in [0.29, 0.717) is 5.41 Å². The summed E-state index contributed by atoms with van der Waals surface area (Å²) in [7, 11) is 0. The third-order valence-electron chi connectivity index (χ3n) is 7.94. The van der Waals surface area contributed by atoms with Crippen LogP contribution < -0.4 is 0 Å². The Kier molecular flexibility index (Phi) is 9.58. The number of allylic oxidation sites excluding steroid dienone is 4. The standard InChI is InChI=1S/C20H34.C8H14/c1-5-9-17-11-8-15-20(4)18(13-14-19(17)20)12-7-6-10-16(2)3;1-7-4-3-5-8(2)6-7/h5,9,16,18-19H,1,6-8,10-15H2,2-4H3;8H,1,3-6H2,2H3/b17-9+;. The topological polar surface area (TPSA) is 0 Å². The molecule has 160 valence electrons. The average Bonchev–Trinajstić information content (AvgIpc) is 2.96. The second-order valence-corrected chi connectivity index (χ2v) is 10.8. The Morgan fingerprint density at radius 2 is 1.89 bits per heavy atom. The summed E-state index contributed by atoms with van der Waals surface area (Å²) in [5, 5.41) is 0. The average molecular weight is 385 g/mol. The summed E-state index contributed by atoms with van der Waals surface area (Å²) >= 11 is 0. The smallest absolute Gasteiger partial charge is 0.0143 e. The summed E-state index contributed by atoms with van der Waals surface area (Å²) in [6, 6.07) is 0. The molecule has 0 aromatic heterocycles. The summed E-state index contributed by atoms with van der Waals surface area (Å²) in [5.41, 5.74) is 3.77. The fourth-order valence-corrected chi connectivity index (χ4v) is 6.31. The minimum absolute atomic E-state index is 0.602. The lowest BCUT2D eigenvalue weighted by molar-refractivity contribution is 0.127. The van der Waals surface area contributed by atoms with Crippen LogP contribution in [0.3, 0.4) is 0 Å². The highest BCUT2D eigenvalue weighted by molar-refractivity contribution is 5.21. The van der Waals surface area contributed by atoms with Gasteiger partial charge in [-0.15, -0.1) is 0 Å². The second kappa shape index (κ2) is 11.4. The van der Waals surface area contributed by atoms with Crippen molar-refractivity contribution in [2.45, 2.75) is 111 Å². The quantitative estimate of drug-likeness (QED) is 0.316. The monoisotopic (exact) mass is 384 g/mol. The molecule has 0 aromatic rings. The zero-order valence-corrected chi connectivity index (χ0v) is 19.6. The van der Waals surface area contributed by atoms with Crippen LogP contribution in [0, 0.1) is 29.1 Å². The molecule has 4 atom stereocenters. The Hall–Kier alpha value is -0.780. The fourth-order valence-electron chi connectivity index (χ4n) is 6.31. The highest BCUT2D eigenvalue weighted by Crippen LogP contribution is 2.58. The van der Waals surface area contributed by atoms with E-state index in [1.807, 2.05) is 6.08 Å². The number of hydrogen-bond donors (Lipinski definition) is 0. The first kappa shape index (κ1) is 23.5. The highest BCUT2D eigenvalue weighted by atomic mass is 14.5. The molecule has 0 heteroatoms. The lowest BCUT2D eigenvalue weighted by atomic mass is 9.62. The van der Waals surface area contributed by atoms with E-state index in [2.05, 4.69) is 46.9 Å². The van der Waals surface area contributed by atoms with Gasteiger partial charge in [0.05, 0.1) is 0 Å². The van der Waals surface area contributed by atoms with Gasteiger partial charge in [-0.05, 0) is 86.9 Å². The number of rotatable bonds is 6. The lowest BCUT2D eigenvalue weighted by Crippen LogP contribution is -2.33. The molecule has 4 unspecified atom stereocenters. The second-order valence-electron chi connectivity index (χ2n) is 10.8. The first-order chi connectivity index (χ1) is 13.4. The Morgan fingerprint density at radius 1 is 1.11 bits per heavy atom. The molecule has 3 saturated carbocycles. The van der Waals surface area contributed by atoms with Crippen molar-refractivity contribution in [3.8, 4) is 0 Å². The molecular weight excluding hydrogens is 336 g/mol. The number of fused-ring (bicyclic) bond motifs is 1. The van der Waals surface area contributed by atoms with Crippen LogP contribution in [0.2, 0.25) is 0 Å². The molecule has 0 saturated heterocycles. The van der Waals surface area contributed by atoms with Crippen molar-refractivity contribution in [1.82, 2.24) is 0 Å². The molecule has 0 aliphatic heterocycles. The van der Waals surface area contributed by atoms with Gasteiger partial charge in [-0.3, -0.25) is 0 Å². The van der Waals surface area contributed by atoms with Gasteiger partial charge in [0.25, 0.3) is 0 Å². The molecule has 0 nitrogen and oxygen atoms in total. The van der Waals surface area contributed by atoms with Crippen molar-refractivity contribution in [1.29, 1.82) is 0 Å². The zero-order chi connectivity index (χ0) is 20.6. The summed E-state index contributed by atoms with van der Waals surface area (Å²) in [5.74, 6) is 3.63. The molecule has 3 rings (SSSR count). The molecule has 0 radical (unpaired) electrons. The fraction of sp³-hybridized carbons (Fsp3) is 0.786. The van der Waals surface area contributed by atoms with Gasteiger partial charge in [-0.1, -0.05) is 89.8 Å². The summed E-state index contributed by atoms with van der Waals surface area (Å²) in [6.07, 6.45) is 22.5. The van der Waals surface area contributed by atoms with Gasteiger partial charge in [0.1, 0.15) is 0 Å². The van der Waals surface area contributed by atoms with Crippen molar-refractivity contribution >= 4 is 0 Å². The SMILES string of the molecule is C=C/C=C1\CCCC2(C)C(CCCCC(C)C)CCC12.C=C1CCCC(C)C1. The third-order valence-corrected chi connectivity index (χ3v) is 7.94. The van der Waals surface area contributed by atoms with Crippen LogP contribution in [0.4, 0.5) is 0 Å². The maximum atomic E-state index is 3.96. The van der Waals surface area contributed by atoms with Crippen LogP contribution in [0.15, 0.2) is 36.5 Å². The summed E-state index contributed by atoms with van der Waals surface area (Å²) in [6.45, 7) is 17.5. The van der Waals surface area contributed by atoms with Gasteiger partial charge in [-0.2, -0.15) is 0 Å². The summed E-state index contributed by atoms with van der Waals surface area (Å²) in [4.78, 5) is 0. The molecule has 0 amide bonds. The van der Waals surface area contributed by atoms with Crippen molar-refractivity contribution in [2.24, 2.45) is 29.1 Å². The van der Waals surface area contributed by atoms with Crippen LogP contribution in [0.5, 0.6) is 0 Å². The van der Waals surface area contributed by atoms with E-state index >= 15 is 0 Å². The van der Waals surface area contributed by atoms with Gasteiger partial charge in [-0.25, -0.2) is 0 Å². The Labute approximate surface area is 177 Å². The molecule has 0 bridgehead atoms. The van der Waals surface area contributed by atoms with E-state index in [0.717, 1.165) is 23.7 Å². The Morgan fingerprint density at radius 3 is 2.50 bits per heavy atom. The van der Waals surface area contributed by atoms with Crippen molar-refractivity contribution in [3.63, 3.8) is 0 Å². The zero-order valence-electron chi connectivity index (χ0n) is 19.6. The minimum atomic E-state index is 0.602. The number of hydrogen-bond acceptors (Lipinski definition) is 0. The molecule has 0 N–H and O–H groups in total. The lowest BCUT2D eigenvalue weighted by Gasteiger charge is -2.42. The first-order valence-corrected chi connectivity index (χ1v) is 12.3. The molecule has 28 heavy (non-hydrogen) atoms. The molecule has 3 aliphatic carbocycles. The van der Waals surface area contributed by atoms with Crippen molar-refractivity contribution < 1.29 is 0 Å². The maximum Gasteiger partial charge on any atom is -0.0143 e. The van der Waals surface area contributed by atoms with Gasteiger partial charge < -0.3 is 0 Å². The highest BCUT2D eigenvalue weighted by Gasteiger charge is 2.48. The van der Waals surface area contributed by atoms with E-state index in [1.54, 1.807) is 5.57 Å². The van der Waals surface area contributed by atoms with Gasteiger partial charge in [0.15, 0.2) is 0 Å². The van der Waals surface area contributed by atoms with E-state index in [4.69, 9.17) is 0 Å². The predicted octanol–water partition coefficient (Wildman–Crippen LogP) is 9.28. The van der Waals surface area contributed by atoms with Gasteiger partial charge in [0, 0.05) is 0 Å². The van der Waals surface area contributed by atoms with Crippen LogP contribution in [0.1, 0.15) is 111 Å². The van der Waals surface area contributed by atoms with Crippen molar-refractivity contribution in [3.05, 3.63) is 36.5 Å². The van der Waals surface area contributed by atoms with Crippen molar-refractivity contribution in [2.75, 3.05) is 0 Å². The van der Waals surface area contributed by atoms with Crippen LogP contribution in [-0.4, -0.2) is 0 Å². The van der Waals surface area contributed by atoms with E-state index in [-0.39, 0.29) is 0 Å². The summed E-state index contributed by atoms with van der Waals surface area (Å²) < 4.78 is 0. The third kappa shape index (κ3) is 6.64. The molecule has 0 heterocycles. The Balaban J connectivity index is 0.000000292. The first-order valence-electron chi connectivity index (χ1n) is 12.3. The Bertz CT molecular complexity index is 522. The van der Waals surface area contributed by atoms with Crippen LogP contribution in [-0.2, 0) is 0 Å². The molecule has 0 aromatic carbocycles. The van der Waals surface area contributed by atoms with Gasteiger partial charge >= 0.3 is 0 Å². The number of unbranched alkanes of at least 4 members (excludes halogenated alkanes) is 1. The van der Waals surface area contributed by atoms with Gasteiger partial charge in [0.2, 0.25) is 0 Å². The molecule has 3 aliphatic rings. The van der Waals surface area contributed by atoms with Crippen LogP contribution in [0.25, 0.3) is 0 Å². The van der Waals surface area contributed by atoms with E-state index in [1.165, 1.54) is 89.0 Å². The van der Waals surface area contributed by atoms with E-state index < -0.39 is 0 Å². The minimum Gasteiger partial charge on any atom is -0.0999 e. The molecule has 3 fully saturated rings. The molecule has 0 spiro atoms. The predicted molar refractivity (Wildman–Crippen MR) is 127 cm³/mol. The largest absolute Gasteiger partial charge is 0.0999 e. The molecular formula is C28H48. The normalized spacial score (nSPS) is 34.1.